The zero-order valence-electron chi connectivity index (χ0n) is 19.2. The quantitative estimate of drug-likeness (QED) is 0.605. The Kier molecular flexibility index (Phi) is 6.90. The Morgan fingerprint density at radius 1 is 1.24 bits per heavy atom. The monoisotopic (exact) mass is 463 g/mol. The van der Waals surface area contributed by atoms with E-state index in [9.17, 15) is 18.0 Å². The predicted octanol–water partition coefficient (Wildman–Crippen LogP) is 4.85. The molecule has 1 aromatic rings. The highest BCUT2D eigenvalue weighted by Gasteiger charge is 2.51. The van der Waals surface area contributed by atoms with Crippen LogP contribution in [0.25, 0.3) is 0 Å². The molecule has 2 heterocycles. The van der Waals surface area contributed by atoms with Gasteiger partial charge in [-0.2, -0.15) is 18.4 Å². The average molecular weight is 464 g/mol. The number of piperidine rings is 1. The Balaban J connectivity index is 1.55. The lowest BCUT2D eigenvalue weighted by Crippen LogP contribution is -2.53. The molecule has 2 atom stereocenters. The van der Waals surface area contributed by atoms with Gasteiger partial charge in [0.25, 0.3) is 0 Å². The lowest BCUT2D eigenvalue weighted by molar-refractivity contribution is -0.138. The van der Waals surface area contributed by atoms with Crippen LogP contribution in [0.5, 0.6) is 0 Å². The molecule has 0 unspecified atom stereocenters. The van der Waals surface area contributed by atoms with Gasteiger partial charge in [0, 0.05) is 50.3 Å². The number of amides is 1. The standard InChI is InChI=1S/C25H32F3N3O2/c1-2-33-17-24-15-30(23(32)11-18-5-3-4-6-18)10-9-20(24)14-31(16-24)21-8-7-19(13-29)22(12-21)25(26,27)28/h7-8,12,18,20H,2-6,9-11,14-17H2,1H3/t20-,24+/m0/s1. The van der Waals surface area contributed by atoms with Gasteiger partial charge in [-0.05, 0) is 56.2 Å². The van der Waals surface area contributed by atoms with E-state index in [4.69, 9.17) is 10.00 Å². The van der Waals surface area contributed by atoms with E-state index in [1.165, 1.54) is 18.9 Å². The molecule has 3 fully saturated rings. The van der Waals surface area contributed by atoms with Crippen molar-refractivity contribution in [2.75, 3.05) is 44.3 Å². The molecule has 1 saturated carbocycles. The van der Waals surface area contributed by atoms with Crippen molar-refractivity contribution >= 4 is 11.6 Å². The fraction of sp³-hybridized carbons (Fsp3) is 0.680. The third-order valence-corrected chi connectivity index (χ3v) is 7.74. The number of nitriles is 1. The summed E-state index contributed by atoms with van der Waals surface area (Å²) in [7, 11) is 0. The van der Waals surface area contributed by atoms with Gasteiger partial charge in [-0.15, -0.1) is 0 Å². The molecule has 4 rings (SSSR count). The zero-order valence-corrected chi connectivity index (χ0v) is 19.2. The zero-order chi connectivity index (χ0) is 23.6. The molecule has 1 aromatic carbocycles. The van der Waals surface area contributed by atoms with Crippen LogP contribution in [0.1, 0.15) is 56.6 Å². The highest BCUT2D eigenvalue weighted by atomic mass is 19.4. The third-order valence-electron chi connectivity index (χ3n) is 7.74. The van der Waals surface area contributed by atoms with Gasteiger partial charge >= 0.3 is 6.18 Å². The maximum absolute atomic E-state index is 13.5. The van der Waals surface area contributed by atoms with Crippen LogP contribution in [0.4, 0.5) is 18.9 Å². The number of fused-ring (bicyclic) bond motifs is 1. The Labute approximate surface area is 193 Å². The van der Waals surface area contributed by atoms with E-state index in [2.05, 4.69) is 0 Å². The molecule has 3 aliphatic rings. The van der Waals surface area contributed by atoms with Crippen molar-refractivity contribution in [1.29, 1.82) is 5.26 Å². The topological polar surface area (TPSA) is 56.6 Å². The van der Waals surface area contributed by atoms with Gasteiger partial charge in [-0.1, -0.05) is 12.8 Å². The minimum absolute atomic E-state index is 0.201. The fourth-order valence-corrected chi connectivity index (χ4v) is 5.96. The molecule has 1 aliphatic carbocycles. The van der Waals surface area contributed by atoms with Crippen LogP contribution in [0, 0.1) is 28.6 Å². The number of carbonyl (C=O) groups is 1. The van der Waals surface area contributed by atoms with Crippen LogP contribution in [0.3, 0.4) is 0 Å². The van der Waals surface area contributed by atoms with Crippen molar-refractivity contribution in [1.82, 2.24) is 4.90 Å². The Morgan fingerprint density at radius 2 is 2.00 bits per heavy atom. The number of hydrogen-bond acceptors (Lipinski definition) is 4. The Hall–Kier alpha value is -2.27. The van der Waals surface area contributed by atoms with Crippen molar-refractivity contribution in [2.45, 2.75) is 51.6 Å². The number of rotatable bonds is 6. The van der Waals surface area contributed by atoms with Crippen LogP contribution < -0.4 is 4.90 Å². The number of carbonyl (C=O) groups excluding carboxylic acids is 1. The highest BCUT2D eigenvalue weighted by Crippen LogP contribution is 2.45. The predicted molar refractivity (Wildman–Crippen MR) is 119 cm³/mol. The number of anilines is 1. The molecule has 0 radical (unpaired) electrons. The lowest BCUT2D eigenvalue weighted by atomic mass is 9.73. The number of benzene rings is 1. The molecule has 0 N–H and O–H groups in total. The van der Waals surface area contributed by atoms with Gasteiger partial charge in [-0.3, -0.25) is 4.79 Å². The second kappa shape index (κ2) is 9.54. The molecule has 0 bridgehead atoms. The van der Waals surface area contributed by atoms with Crippen LogP contribution in [-0.4, -0.2) is 50.2 Å². The largest absolute Gasteiger partial charge is 0.417 e. The fourth-order valence-electron chi connectivity index (χ4n) is 5.96. The minimum Gasteiger partial charge on any atom is -0.381 e. The van der Waals surface area contributed by atoms with E-state index in [1.54, 1.807) is 12.1 Å². The molecule has 0 aromatic heterocycles. The van der Waals surface area contributed by atoms with Gasteiger partial charge in [0.2, 0.25) is 5.91 Å². The number of halogens is 3. The summed E-state index contributed by atoms with van der Waals surface area (Å²) in [6.45, 7) is 5.41. The van der Waals surface area contributed by atoms with Gasteiger partial charge in [0.1, 0.15) is 0 Å². The smallest absolute Gasteiger partial charge is 0.381 e. The second-order valence-corrected chi connectivity index (χ2v) is 9.87. The summed E-state index contributed by atoms with van der Waals surface area (Å²) in [5.74, 6) is 0.926. The van der Waals surface area contributed by atoms with Crippen LogP contribution in [0.15, 0.2) is 18.2 Å². The van der Waals surface area contributed by atoms with Crippen molar-refractivity contribution in [3.05, 3.63) is 29.3 Å². The first-order valence-corrected chi connectivity index (χ1v) is 12.0. The summed E-state index contributed by atoms with van der Waals surface area (Å²) in [5, 5.41) is 9.11. The minimum atomic E-state index is -4.58. The summed E-state index contributed by atoms with van der Waals surface area (Å²) in [4.78, 5) is 17.0. The molecule has 0 spiro atoms. The van der Waals surface area contributed by atoms with Crippen molar-refractivity contribution in [3.8, 4) is 6.07 Å². The van der Waals surface area contributed by atoms with Crippen LogP contribution in [0.2, 0.25) is 0 Å². The second-order valence-electron chi connectivity index (χ2n) is 9.87. The number of hydrogen-bond donors (Lipinski definition) is 0. The maximum Gasteiger partial charge on any atom is 0.417 e. The molecule has 33 heavy (non-hydrogen) atoms. The van der Waals surface area contributed by atoms with Crippen LogP contribution in [-0.2, 0) is 15.7 Å². The molecule has 2 aliphatic heterocycles. The maximum atomic E-state index is 13.5. The lowest BCUT2D eigenvalue weighted by Gasteiger charge is -2.44. The Bertz CT molecular complexity index is 907. The summed E-state index contributed by atoms with van der Waals surface area (Å²) < 4.78 is 46.4. The number of ether oxygens (including phenoxy) is 1. The first-order chi connectivity index (χ1) is 15.8. The van der Waals surface area contributed by atoms with Gasteiger partial charge in [0.05, 0.1) is 23.8 Å². The number of likely N-dealkylation sites (tertiary alicyclic amines) is 1. The van der Waals surface area contributed by atoms with E-state index in [0.29, 0.717) is 57.4 Å². The van der Waals surface area contributed by atoms with E-state index in [1.807, 2.05) is 16.7 Å². The molecule has 8 heteroatoms. The van der Waals surface area contributed by atoms with E-state index < -0.39 is 11.7 Å². The summed E-state index contributed by atoms with van der Waals surface area (Å²) in [5.41, 5.74) is -1.10. The van der Waals surface area contributed by atoms with E-state index >= 15 is 0 Å². The number of alkyl halides is 3. The van der Waals surface area contributed by atoms with Gasteiger partial charge in [-0.25, -0.2) is 0 Å². The van der Waals surface area contributed by atoms with Gasteiger partial charge < -0.3 is 14.5 Å². The van der Waals surface area contributed by atoms with Crippen molar-refractivity contribution in [2.24, 2.45) is 17.3 Å². The molecular formula is C25H32F3N3O2. The average Bonchev–Trinajstić information content (AvgIpc) is 3.44. The molecule has 180 valence electrons. The van der Waals surface area contributed by atoms with E-state index in [0.717, 1.165) is 25.3 Å². The number of nitrogens with zero attached hydrogens (tertiary/aromatic N) is 3. The molecular weight excluding hydrogens is 431 g/mol. The highest BCUT2D eigenvalue weighted by molar-refractivity contribution is 5.76. The third kappa shape index (κ3) is 4.98. The SMILES string of the molecule is CCOC[C@]12CN(C(=O)CC3CCCC3)CC[C@H]1CN(c1ccc(C#N)c(C(F)(F)F)c1)C2. The molecule has 1 amide bonds. The first-order valence-electron chi connectivity index (χ1n) is 12.0. The van der Waals surface area contributed by atoms with E-state index in [-0.39, 0.29) is 22.8 Å². The Morgan fingerprint density at radius 3 is 2.67 bits per heavy atom. The normalized spacial score (nSPS) is 25.8. The van der Waals surface area contributed by atoms with Crippen molar-refractivity contribution in [3.63, 3.8) is 0 Å². The van der Waals surface area contributed by atoms with Crippen molar-refractivity contribution < 1.29 is 22.7 Å². The summed E-state index contributed by atoms with van der Waals surface area (Å²) in [6.07, 6.45) is 1.49. The summed E-state index contributed by atoms with van der Waals surface area (Å²) in [6, 6.07) is 5.60. The van der Waals surface area contributed by atoms with Crippen LogP contribution >= 0.6 is 0 Å². The summed E-state index contributed by atoms with van der Waals surface area (Å²) >= 11 is 0. The first kappa shape index (κ1) is 23.9. The molecule has 2 saturated heterocycles. The van der Waals surface area contributed by atoms with Gasteiger partial charge in [0.15, 0.2) is 0 Å². The molecule has 5 nitrogen and oxygen atoms in total.